The monoisotopic (exact) mass is 612 g/mol. The number of allylic oxidation sites excluding steroid dienone is 1. The Balaban J connectivity index is 1.85. The molecule has 1 heterocycles. The van der Waals surface area contributed by atoms with Gasteiger partial charge in [0.15, 0.2) is 0 Å². The van der Waals surface area contributed by atoms with Gasteiger partial charge in [-0.15, -0.1) is 36.4 Å². The van der Waals surface area contributed by atoms with Gasteiger partial charge in [0.1, 0.15) is 22.0 Å². The van der Waals surface area contributed by atoms with Gasteiger partial charge in [0.25, 0.3) is 5.91 Å². The van der Waals surface area contributed by atoms with E-state index in [1.54, 1.807) is 26.8 Å². The lowest BCUT2D eigenvalue weighted by Crippen LogP contribution is -2.60. The first-order valence-electron chi connectivity index (χ1n) is 14.2. The van der Waals surface area contributed by atoms with E-state index in [1.807, 2.05) is 0 Å². The summed E-state index contributed by atoms with van der Waals surface area (Å²) in [7, 11) is 0. The summed E-state index contributed by atoms with van der Waals surface area (Å²) in [5.41, 5.74) is -0.760. The van der Waals surface area contributed by atoms with Crippen LogP contribution in [0.2, 0.25) is 0 Å². The largest absolute Gasteiger partial charge is 0.444 e. The highest BCUT2D eigenvalue weighted by atomic mass is 35.5. The van der Waals surface area contributed by atoms with Gasteiger partial charge in [-0.05, 0) is 52.4 Å². The van der Waals surface area contributed by atoms with Crippen molar-refractivity contribution in [3.05, 3.63) is 25.3 Å². The smallest absolute Gasteiger partial charge is 0.408 e. The predicted molar refractivity (Wildman–Crippen MR) is 156 cm³/mol. The molecule has 2 saturated carbocycles. The predicted octanol–water partition coefficient (Wildman–Crippen LogP) is 3.41. The number of halogens is 2. The number of likely N-dealkylation sites (tertiary alicyclic amines) is 1. The molecule has 2 aliphatic carbocycles. The molecular weight excluding hydrogens is 571 g/mol. The van der Waals surface area contributed by atoms with Crippen LogP contribution in [0.3, 0.4) is 0 Å². The molecule has 3 N–H and O–H groups in total. The molecule has 3 aliphatic rings. The zero-order valence-corrected chi connectivity index (χ0v) is 25.6. The number of alkyl halides is 2. The molecular formula is C29H42Cl2N4O6. The molecule has 0 radical (unpaired) electrons. The van der Waals surface area contributed by atoms with Crippen molar-refractivity contribution >= 4 is 52.8 Å². The zero-order chi connectivity index (χ0) is 30.5. The third kappa shape index (κ3) is 8.03. The molecule has 3 fully saturated rings. The summed E-state index contributed by atoms with van der Waals surface area (Å²) in [6, 6.07) is -3.13. The van der Waals surface area contributed by atoms with Crippen LogP contribution >= 0.6 is 23.2 Å². The number of Topliss-reactive ketones (excluding diaryl/α,β-unsaturated/α-hetero) is 1. The van der Waals surface area contributed by atoms with E-state index in [0.717, 1.165) is 32.1 Å². The van der Waals surface area contributed by atoms with Crippen molar-refractivity contribution in [1.82, 2.24) is 20.9 Å². The molecule has 0 spiro atoms. The average Bonchev–Trinajstić information content (AvgIpc) is 3.23. The minimum atomic E-state index is -1.21. The summed E-state index contributed by atoms with van der Waals surface area (Å²) in [6.45, 7) is 12.6. The molecule has 1 saturated heterocycles. The van der Waals surface area contributed by atoms with Crippen molar-refractivity contribution in [2.24, 2.45) is 17.8 Å². The van der Waals surface area contributed by atoms with Crippen LogP contribution in [0.25, 0.3) is 0 Å². The lowest BCUT2D eigenvalue weighted by molar-refractivity contribution is -0.144. The second-order valence-electron chi connectivity index (χ2n) is 12.1. The standard InChI is InChI=1S/C29H42Cl2N4O6/c1-6-8-14-19(23(36)25(38)32-15-7-2)33-24(37)22-20-18(29(20,30)31)16-35(22)26(39)21(17-12-10-9-11-13-17)34-27(40)41-28(3,4)5/h6-7,17-22H,1-2,8-16H2,3-5H3,(H,32,38)(H,33,37)(H,34,40)/t18?,19-,20?,21?,22?/m0/s1. The van der Waals surface area contributed by atoms with Crippen LogP contribution in [0.15, 0.2) is 25.3 Å². The average molecular weight is 614 g/mol. The van der Waals surface area contributed by atoms with Gasteiger partial charge in [-0.1, -0.05) is 31.4 Å². The van der Waals surface area contributed by atoms with Crippen molar-refractivity contribution in [2.45, 2.75) is 93.8 Å². The number of nitrogens with one attached hydrogen (secondary N) is 3. The molecule has 228 valence electrons. The SMILES string of the molecule is C=CCC[C@H](NC(=O)C1C2C(CN1C(=O)C(NC(=O)OC(C)(C)C)C1CCCCC1)C2(Cl)Cl)C(=O)C(=O)NCC=C. The van der Waals surface area contributed by atoms with Crippen molar-refractivity contribution in [3.63, 3.8) is 0 Å². The molecule has 0 aromatic carbocycles. The number of piperidine rings is 1. The van der Waals surface area contributed by atoms with Crippen LogP contribution in [-0.2, 0) is 23.9 Å². The number of hydrogen-bond acceptors (Lipinski definition) is 6. The van der Waals surface area contributed by atoms with E-state index in [1.165, 1.54) is 11.0 Å². The van der Waals surface area contributed by atoms with Crippen molar-refractivity contribution in [3.8, 4) is 0 Å². The molecule has 0 aromatic heterocycles. The Labute approximate surface area is 251 Å². The van der Waals surface area contributed by atoms with Crippen molar-refractivity contribution in [2.75, 3.05) is 13.1 Å². The van der Waals surface area contributed by atoms with Crippen LogP contribution in [0, 0.1) is 17.8 Å². The van der Waals surface area contributed by atoms with Crippen molar-refractivity contribution in [1.29, 1.82) is 0 Å². The van der Waals surface area contributed by atoms with Gasteiger partial charge in [0.05, 0.1) is 6.04 Å². The van der Waals surface area contributed by atoms with Gasteiger partial charge >= 0.3 is 6.09 Å². The number of rotatable bonds is 12. The van der Waals surface area contributed by atoms with E-state index in [-0.39, 0.29) is 31.3 Å². The summed E-state index contributed by atoms with van der Waals surface area (Å²) in [5, 5.41) is 7.88. The fraction of sp³-hybridized carbons (Fsp3) is 0.690. The minimum Gasteiger partial charge on any atom is -0.444 e. The molecule has 12 heteroatoms. The van der Waals surface area contributed by atoms with Gasteiger partial charge < -0.3 is 25.6 Å². The van der Waals surface area contributed by atoms with Gasteiger partial charge in [-0.25, -0.2) is 4.79 Å². The van der Waals surface area contributed by atoms with Crippen LogP contribution in [0.4, 0.5) is 4.79 Å². The molecule has 1 aliphatic heterocycles. The highest BCUT2D eigenvalue weighted by Crippen LogP contribution is 2.65. The molecule has 10 nitrogen and oxygen atoms in total. The highest BCUT2D eigenvalue weighted by Gasteiger charge is 2.74. The van der Waals surface area contributed by atoms with Gasteiger partial charge in [-0.3, -0.25) is 19.2 Å². The van der Waals surface area contributed by atoms with Gasteiger partial charge in [0.2, 0.25) is 17.6 Å². The van der Waals surface area contributed by atoms with E-state index in [2.05, 4.69) is 29.1 Å². The lowest BCUT2D eigenvalue weighted by atomic mass is 9.83. The highest BCUT2D eigenvalue weighted by molar-refractivity contribution is 6.51. The Hall–Kier alpha value is -2.59. The topological polar surface area (TPSA) is 134 Å². The Morgan fingerprint density at radius 2 is 1.71 bits per heavy atom. The Kier molecular flexibility index (Phi) is 10.9. The molecule has 5 atom stereocenters. The van der Waals surface area contributed by atoms with Crippen LogP contribution in [-0.4, -0.2) is 75.6 Å². The quantitative estimate of drug-likeness (QED) is 0.176. The maximum atomic E-state index is 14.1. The number of fused-ring (bicyclic) bond motifs is 1. The maximum Gasteiger partial charge on any atom is 0.408 e. The molecule has 0 bridgehead atoms. The van der Waals surface area contributed by atoms with E-state index in [9.17, 15) is 24.0 Å². The lowest BCUT2D eigenvalue weighted by Gasteiger charge is -2.36. The fourth-order valence-corrected chi connectivity index (χ4v) is 6.64. The molecule has 41 heavy (non-hydrogen) atoms. The second kappa shape index (κ2) is 13.6. The Bertz CT molecular complexity index is 1050. The van der Waals surface area contributed by atoms with E-state index in [4.69, 9.17) is 27.9 Å². The van der Waals surface area contributed by atoms with Crippen LogP contribution in [0.1, 0.15) is 65.7 Å². The van der Waals surface area contributed by atoms with E-state index >= 15 is 0 Å². The Morgan fingerprint density at radius 1 is 1.05 bits per heavy atom. The summed E-state index contributed by atoms with van der Waals surface area (Å²) in [5.74, 6) is -3.77. The number of alkyl carbamates (subject to hydrolysis) is 1. The summed E-state index contributed by atoms with van der Waals surface area (Å²) in [6.07, 6.45) is 7.20. The van der Waals surface area contributed by atoms with Crippen LogP contribution < -0.4 is 16.0 Å². The third-order valence-corrected chi connectivity index (χ3v) is 8.93. The third-order valence-electron chi connectivity index (χ3n) is 7.87. The summed E-state index contributed by atoms with van der Waals surface area (Å²) >= 11 is 13.0. The Morgan fingerprint density at radius 3 is 2.29 bits per heavy atom. The number of ether oxygens (including phenoxy) is 1. The van der Waals surface area contributed by atoms with Crippen LogP contribution in [0.5, 0.6) is 0 Å². The normalized spacial score (nSPS) is 24.7. The number of hydrogen-bond donors (Lipinski definition) is 3. The van der Waals surface area contributed by atoms with Crippen molar-refractivity contribution < 1.29 is 28.7 Å². The summed E-state index contributed by atoms with van der Waals surface area (Å²) in [4.78, 5) is 67.3. The maximum absolute atomic E-state index is 14.1. The molecule has 0 aromatic rings. The number of carbonyl (C=O) groups excluding carboxylic acids is 5. The zero-order valence-electron chi connectivity index (χ0n) is 24.0. The van der Waals surface area contributed by atoms with Gasteiger partial charge in [-0.2, -0.15) is 0 Å². The van der Waals surface area contributed by atoms with E-state index < -0.39 is 63.6 Å². The van der Waals surface area contributed by atoms with E-state index in [0.29, 0.717) is 6.42 Å². The van der Waals surface area contributed by atoms with Gasteiger partial charge in [0, 0.05) is 24.9 Å². The number of amides is 4. The molecule has 4 unspecified atom stereocenters. The fourth-order valence-electron chi connectivity index (χ4n) is 5.82. The number of carbonyl (C=O) groups is 5. The number of nitrogens with zero attached hydrogens (tertiary/aromatic N) is 1. The minimum absolute atomic E-state index is 0.0928. The first-order valence-corrected chi connectivity index (χ1v) is 15.0. The molecule has 4 amide bonds. The first-order chi connectivity index (χ1) is 19.2. The number of ketones is 1. The second-order valence-corrected chi connectivity index (χ2v) is 13.5. The summed E-state index contributed by atoms with van der Waals surface area (Å²) < 4.78 is 4.24. The first kappa shape index (κ1) is 32.9. The molecule has 3 rings (SSSR count).